The Morgan fingerprint density at radius 3 is 2.37 bits per heavy atom. The Morgan fingerprint density at radius 1 is 1.00 bits per heavy atom. The summed E-state index contributed by atoms with van der Waals surface area (Å²) in [5, 5.41) is 3.41. The van der Waals surface area contributed by atoms with Gasteiger partial charge < -0.3 is 10.2 Å². The van der Waals surface area contributed by atoms with E-state index in [1.807, 2.05) is 23.1 Å². The molecule has 1 amide bonds. The number of likely N-dealkylation sites (tertiary alicyclic amines) is 1. The van der Waals surface area contributed by atoms with Crippen molar-refractivity contribution in [1.82, 2.24) is 10.2 Å². The van der Waals surface area contributed by atoms with E-state index in [0.717, 1.165) is 63.0 Å². The summed E-state index contributed by atoms with van der Waals surface area (Å²) in [4.78, 5) is 14.5. The molecule has 0 aromatic heterocycles. The maximum atomic E-state index is 13.9. The van der Waals surface area contributed by atoms with Gasteiger partial charge in [0.05, 0.1) is 0 Å². The van der Waals surface area contributed by atoms with E-state index in [1.165, 1.54) is 11.6 Å². The van der Waals surface area contributed by atoms with Gasteiger partial charge in [0.15, 0.2) is 0 Å². The number of carbonyl (C=O) groups is 1. The summed E-state index contributed by atoms with van der Waals surface area (Å²) in [7, 11) is 0. The zero-order valence-electron chi connectivity index (χ0n) is 15.7. The zero-order valence-corrected chi connectivity index (χ0v) is 15.7. The number of nitrogens with zero attached hydrogens (tertiary/aromatic N) is 1. The monoisotopic (exact) mass is 366 g/mol. The summed E-state index contributed by atoms with van der Waals surface area (Å²) >= 11 is 0. The molecule has 1 atom stereocenters. The van der Waals surface area contributed by atoms with Gasteiger partial charge in [0.1, 0.15) is 5.82 Å². The number of nitrogens with one attached hydrogen (secondary N) is 1. The molecule has 4 rings (SSSR count). The Labute approximate surface area is 160 Å². The number of carbonyl (C=O) groups excluding carboxylic acids is 1. The molecule has 0 saturated carbocycles. The lowest BCUT2D eigenvalue weighted by Crippen LogP contribution is -2.31. The van der Waals surface area contributed by atoms with Crippen molar-refractivity contribution in [2.45, 2.75) is 31.6 Å². The molecule has 2 heterocycles. The van der Waals surface area contributed by atoms with Gasteiger partial charge in [-0.25, -0.2) is 4.39 Å². The molecule has 2 aliphatic heterocycles. The Hall–Kier alpha value is -2.20. The Balaban J connectivity index is 1.62. The van der Waals surface area contributed by atoms with Gasteiger partial charge in [-0.05, 0) is 80.1 Å². The maximum absolute atomic E-state index is 13.9. The predicted molar refractivity (Wildman–Crippen MR) is 105 cm³/mol. The largest absolute Gasteiger partial charge is 0.339 e. The summed E-state index contributed by atoms with van der Waals surface area (Å²) in [5.41, 5.74) is 2.95. The van der Waals surface area contributed by atoms with Crippen LogP contribution in [0.15, 0.2) is 48.5 Å². The van der Waals surface area contributed by atoms with Gasteiger partial charge in [-0.3, -0.25) is 4.79 Å². The molecule has 4 heteroatoms. The first-order chi connectivity index (χ1) is 13.2. The molecule has 27 heavy (non-hydrogen) atoms. The zero-order chi connectivity index (χ0) is 18.6. The van der Waals surface area contributed by atoms with Gasteiger partial charge in [0, 0.05) is 24.6 Å². The number of halogens is 1. The number of rotatable bonds is 4. The molecular formula is C23H27FN2O. The Bertz CT molecular complexity index is 777. The van der Waals surface area contributed by atoms with Crippen molar-refractivity contribution in [3.05, 3.63) is 71.0 Å². The normalized spacial score (nSPS) is 19.2. The van der Waals surface area contributed by atoms with Crippen LogP contribution >= 0.6 is 0 Å². The summed E-state index contributed by atoms with van der Waals surface area (Å²) in [5.74, 6) is 0.586. The summed E-state index contributed by atoms with van der Waals surface area (Å²) in [6.07, 6.45) is 4.35. The SMILES string of the molecule is O=C(c1ccc(C(c2cccc(F)c2)C2CCNCC2)cc1)N1CCCC1. The van der Waals surface area contributed by atoms with Gasteiger partial charge in [-0.2, -0.15) is 0 Å². The van der Waals surface area contributed by atoms with E-state index < -0.39 is 0 Å². The molecule has 142 valence electrons. The second-order valence-corrected chi connectivity index (χ2v) is 7.74. The Morgan fingerprint density at radius 2 is 1.70 bits per heavy atom. The minimum Gasteiger partial charge on any atom is -0.339 e. The highest BCUT2D eigenvalue weighted by molar-refractivity contribution is 5.94. The van der Waals surface area contributed by atoms with Gasteiger partial charge >= 0.3 is 0 Å². The van der Waals surface area contributed by atoms with Crippen LogP contribution in [0.5, 0.6) is 0 Å². The second kappa shape index (κ2) is 8.22. The third kappa shape index (κ3) is 4.06. The first-order valence-electron chi connectivity index (χ1n) is 10.1. The van der Waals surface area contributed by atoms with E-state index in [4.69, 9.17) is 0 Å². The van der Waals surface area contributed by atoms with E-state index in [-0.39, 0.29) is 17.6 Å². The predicted octanol–water partition coefficient (Wildman–Crippen LogP) is 4.19. The molecule has 3 nitrogen and oxygen atoms in total. The van der Waals surface area contributed by atoms with E-state index in [0.29, 0.717) is 5.92 Å². The molecular weight excluding hydrogens is 339 g/mol. The third-order valence-electron chi connectivity index (χ3n) is 5.97. The van der Waals surface area contributed by atoms with Crippen LogP contribution in [0.2, 0.25) is 0 Å². The molecule has 0 radical (unpaired) electrons. The number of hydrogen-bond acceptors (Lipinski definition) is 2. The van der Waals surface area contributed by atoms with E-state index in [1.54, 1.807) is 12.1 Å². The molecule has 2 saturated heterocycles. The number of hydrogen-bond donors (Lipinski definition) is 1. The van der Waals surface area contributed by atoms with Crippen molar-refractivity contribution in [2.75, 3.05) is 26.2 Å². The van der Waals surface area contributed by atoms with Crippen molar-refractivity contribution in [3.8, 4) is 0 Å². The average molecular weight is 366 g/mol. The molecule has 0 aliphatic carbocycles. The van der Waals surface area contributed by atoms with Crippen LogP contribution in [-0.4, -0.2) is 37.0 Å². The quantitative estimate of drug-likeness (QED) is 0.880. The highest BCUT2D eigenvalue weighted by atomic mass is 19.1. The van der Waals surface area contributed by atoms with Crippen molar-refractivity contribution in [1.29, 1.82) is 0 Å². The van der Waals surface area contributed by atoms with Gasteiger partial charge in [0.2, 0.25) is 0 Å². The minimum absolute atomic E-state index is 0.128. The first-order valence-corrected chi connectivity index (χ1v) is 10.1. The van der Waals surface area contributed by atoms with Crippen LogP contribution in [0.1, 0.15) is 53.1 Å². The van der Waals surface area contributed by atoms with Crippen LogP contribution in [0.3, 0.4) is 0 Å². The maximum Gasteiger partial charge on any atom is 0.253 e. The molecule has 2 aliphatic rings. The molecule has 1 N–H and O–H groups in total. The lowest BCUT2D eigenvalue weighted by atomic mass is 9.76. The fraction of sp³-hybridized carbons (Fsp3) is 0.435. The van der Waals surface area contributed by atoms with Crippen LogP contribution in [0.4, 0.5) is 4.39 Å². The minimum atomic E-state index is -0.188. The van der Waals surface area contributed by atoms with Gasteiger partial charge in [-0.15, -0.1) is 0 Å². The fourth-order valence-electron chi connectivity index (χ4n) is 4.55. The lowest BCUT2D eigenvalue weighted by molar-refractivity contribution is 0.0793. The first kappa shape index (κ1) is 18.2. The van der Waals surface area contributed by atoms with Crippen molar-refractivity contribution in [2.24, 2.45) is 5.92 Å². The van der Waals surface area contributed by atoms with Crippen LogP contribution < -0.4 is 5.32 Å². The van der Waals surface area contributed by atoms with Gasteiger partial charge in [0.25, 0.3) is 5.91 Å². The molecule has 1 unspecified atom stereocenters. The summed E-state index contributed by atoms with van der Waals surface area (Å²) in [6, 6.07) is 15.0. The van der Waals surface area contributed by atoms with Gasteiger partial charge in [-0.1, -0.05) is 24.3 Å². The fourth-order valence-corrected chi connectivity index (χ4v) is 4.55. The van der Waals surface area contributed by atoms with Crippen molar-refractivity contribution < 1.29 is 9.18 Å². The second-order valence-electron chi connectivity index (χ2n) is 7.74. The molecule has 0 bridgehead atoms. The van der Waals surface area contributed by atoms with Crippen molar-refractivity contribution in [3.63, 3.8) is 0 Å². The summed E-state index contributed by atoms with van der Waals surface area (Å²) < 4.78 is 13.9. The highest BCUT2D eigenvalue weighted by Gasteiger charge is 2.27. The summed E-state index contributed by atoms with van der Waals surface area (Å²) in [6.45, 7) is 3.73. The molecule has 0 spiro atoms. The van der Waals surface area contributed by atoms with Crippen molar-refractivity contribution >= 4 is 5.91 Å². The number of piperidine rings is 1. The highest BCUT2D eigenvalue weighted by Crippen LogP contribution is 2.37. The van der Waals surface area contributed by atoms with E-state index >= 15 is 0 Å². The smallest absolute Gasteiger partial charge is 0.253 e. The van der Waals surface area contributed by atoms with Crippen LogP contribution in [-0.2, 0) is 0 Å². The van der Waals surface area contributed by atoms with E-state index in [2.05, 4.69) is 17.4 Å². The third-order valence-corrected chi connectivity index (χ3v) is 5.97. The lowest BCUT2D eigenvalue weighted by Gasteiger charge is -2.31. The standard InChI is InChI=1S/C23H27FN2O/c24-21-5-3-4-20(16-21)22(18-10-12-25-13-11-18)17-6-8-19(9-7-17)23(27)26-14-1-2-15-26/h3-9,16,18,22,25H,1-2,10-15H2. The van der Waals surface area contributed by atoms with Crippen LogP contribution in [0.25, 0.3) is 0 Å². The van der Waals surface area contributed by atoms with Crippen LogP contribution in [0, 0.1) is 11.7 Å². The Kier molecular flexibility index (Phi) is 5.53. The average Bonchev–Trinajstić information content (AvgIpc) is 3.24. The number of amides is 1. The number of benzene rings is 2. The topological polar surface area (TPSA) is 32.3 Å². The van der Waals surface area contributed by atoms with E-state index in [9.17, 15) is 9.18 Å². The molecule has 2 fully saturated rings. The molecule has 2 aromatic carbocycles. The molecule has 2 aromatic rings.